The second-order valence-electron chi connectivity index (χ2n) is 4.29. The summed E-state index contributed by atoms with van der Waals surface area (Å²) in [6.07, 6.45) is 0.239. The number of para-hydroxylation sites is 1. The van der Waals surface area contributed by atoms with Crippen LogP contribution in [0.2, 0.25) is 5.02 Å². The fourth-order valence-electron chi connectivity index (χ4n) is 1.54. The van der Waals surface area contributed by atoms with Crippen LogP contribution >= 0.6 is 11.6 Å². The van der Waals surface area contributed by atoms with Crippen molar-refractivity contribution in [1.82, 2.24) is 5.32 Å². The van der Waals surface area contributed by atoms with Gasteiger partial charge in [0.15, 0.2) is 0 Å². The fourth-order valence-corrected chi connectivity index (χ4v) is 1.73. The van der Waals surface area contributed by atoms with E-state index in [9.17, 15) is 5.11 Å². The molecule has 0 heterocycles. The van der Waals surface area contributed by atoms with E-state index in [1.165, 1.54) is 0 Å². The zero-order valence-electron chi connectivity index (χ0n) is 11.4. The Morgan fingerprint density at radius 1 is 1.25 bits per heavy atom. The molecule has 114 valence electrons. The van der Waals surface area contributed by atoms with Gasteiger partial charge in [0.05, 0.1) is 18.2 Å². The molecule has 0 fully saturated rings. The van der Waals surface area contributed by atoms with Gasteiger partial charge in [0.2, 0.25) is 0 Å². The molecular formula is C14H22ClNO4. The molecule has 0 aliphatic heterocycles. The van der Waals surface area contributed by atoms with Gasteiger partial charge in [-0.05, 0) is 25.1 Å². The number of hydrogen-bond donors (Lipinski definition) is 3. The van der Waals surface area contributed by atoms with E-state index in [1.807, 2.05) is 12.1 Å². The van der Waals surface area contributed by atoms with Crippen molar-refractivity contribution in [2.75, 3.05) is 39.5 Å². The first-order valence-corrected chi connectivity index (χ1v) is 7.06. The summed E-state index contributed by atoms with van der Waals surface area (Å²) in [7, 11) is 0. The molecule has 0 saturated carbocycles. The predicted octanol–water partition coefficient (Wildman–Crippen LogP) is 1.07. The highest BCUT2D eigenvalue weighted by molar-refractivity contribution is 6.32. The van der Waals surface area contributed by atoms with Crippen LogP contribution in [0.3, 0.4) is 0 Å². The molecule has 0 aliphatic carbocycles. The van der Waals surface area contributed by atoms with Crippen LogP contribution in [-0.2, 0) is 4.74 Å². The first kappa shape index (κ1) is 17.2. The predicted molar refractivity (Wildman–Crippen MR) is 78.3 cm³/mol. The molecule has 0 aliphatic rings. The van der Waals surface area contributed by atoms with Crippen LogP contribution in [0.15, 0.2) is 24.3 Å². The smallest absolute Gasteiger partial charge is 0.138 e. The van der Waals surface area contributed by atoms with E-state index in [-0.39, 0.29) is 13.2 Å². The van der Waals surface area contributed by atoms with Crippen LogP contribution in [0.5, 0.6) is 5.75 Å². The molecule has 1 unspecified atom stereocenters. The van der Waals surface area contributed by atoms with Crippen LogP contribution < -0.4 is 10.1 Å². The van der Waals surface area contributed by atoms with Crippen molar-refractivity contribution in [3.8, 4) is 5.75 Å². The van der Waals surface area contributed by atoms with Gasteiger partial charge in [0, 0.05) is 13.2 Å². The molecule has 3 N–H and O–H groups in total. The largest absolute Gasteiger partial charge is 0.489 e. The van der Waals surface area contributed by atoms with Crippen molar-refractivity contribution in [2.24, 2.45) is 0 Å². The minimum absolute atomic E-state index is 0.0471. The summed E-state index contributed by atoms with van der Waals surface area (Å²) in [5.74, 6) is 0.575. The van der Waals surface area contributed by atoms with E-state index >= 15 is 0 Å². The molecule has 0 amide bonds. The molecular weight excluding hydrogens is 282 g/mol. The minimum Gasteiger partial charge on any atom is -0.489 e. The molecule has 0 bridgehead atoms. The lowest BCUT2D eigenvalue weighted by molar-refractivity contribution is 0.0875. The zero-order valence-corrected chi connectivity index (χ0v) is 12.2. The van der Waals surface area contributed by atoms with Crippen molar-refractivity contribution in [3.63, 3.8) is 0 Å². The fraction of sp³-hybridized carbons (Fsp3) is 0.571. The molecule has 0 spiro atoms. The van der Waals surface area contributed by atoms with E-state index in [4.69, 9.17) is 26.2 Å². The highest BCUT2D eigenvalue weighted by Gasteiger charge is 2.06. The van der Waals surface area contributed by atoms with Crippen LogP contribution in [-0.4, -0.2) is 55.8 Å². The van der Waals surface area contributed by atoms with Crippen molar-refractivity contribution >= 4 is 11.6 Å². The SMILES string of the molecule is OCCOCCCNCC(O)COc1ccccc1Cl. The van der Waals surface area contributed by atoms with Crippen molar-refractivity contribution in [1.29, 1.82) is 0 Å². The molecule has 1 atom stereocenters. The van der Waals surface area contributed by atoms with E-state index in [0.717, 1.165) is 13.0 Å². The molecule has 1 rings (SSSR count). The van der Waals surface area contributed by atoms with Gasteiger partial charge < -0.3 is 25.0 Å². The average molecular weight is 304 g/mol. The Hall–Kier alpha value is -0.850. The van der Waals surface area contributed by atoms with Gasteiger partial charge in [-0.2, -0.15) is 0 Å². The van der Waals surface area contributed by atoms with Crippen molar-refractivity contribution < 1.29 is 19.7 Å². The van der Waals surface area contributed by atoms with Crippen molar-refractivity contribution in [3.05, 3.63) is 29.3 Å². The molecule has 1 aromatic carbocycles. The maximum atomic E-state index is 9.75. The third-order valence-electron chi connectivity index (χ3n) is 2.53. The summed E-state index contributed by atoms with van der Waals surface area (Å²) < 4.78 is 10.6. The van der Waals surface area contributed by atoms with Crippen LogP contribution in [0, 0.1) is 0 Å². The van der Waals surface area contributed by atoms with Gasteiger partial charge in [-0.15, -0.1) is 0 Å². The highest BCUT2D eigenvalue weighted by Crippen LogP contribution is 2.22. The first-order chi connectivity index (χ1) is 9.74. The maximum Gasteiger partial charge on any atom is 0.138 e. The van der Waals surface area contributed by atoms with Gasteiger partial charge >= 0.3 is 0 Å². The maximum absolute atomic E-state index is 9.75. The molecule has 6 heteroatoms. The Morgan fingerprint density at radius 3 is 2.80 bits per heavy atom. The average Bonchev–Trinajstić information content (AvgIpc) is 2.45. The summed E-state index contributed by atoms with van der Waals surface area (Å²) in [5.41, 5.74) is 0. The van der Waals surface area contributed by atoms with E-state index in [0.29, 0.717) is 30.5 Å². The number of ether oxygens (including phenoxy) is 2. The molecule has 0 saturated heterocycles. The molecule has 20 heavy (non-hydrogen) atoms. The number of rotatable bonds is 11. The third kappa shape index (κ3) is 7.67. The molecule has 1 aromatic rings. The summed E-state index contributed by atoms with van der Waals surface area (Å²) in [5, 5.41) is 21.9. The number of nitrogens with one attached hydrogen (secondary N) is 1. The number of aliphatic hydroxyl groups excluding tert-OH is 2. The van der Waals surface area contributed by atoms with E-state index in [1.54, 1.807) is 12.1 Å². The Balaban J connectivity index is 2.03. The Bertz CT molecular complexity index is 365. The minimum atomic E-state index is -0.593. The second-order valence-corrected chi connectivity index (χ2v) is 4.70. The third-order valence-corrected chi connectivity index (χ3v) is 2.84. The number of aliphatic hydroxyl groups is 2. The summed E-state index contributed by atoms with van der Waals surface area (Å²) in [6, 6.07) is 7.17. The first-order valence-electron chi connectivity index (χ1n) is 6.68. The lowest BCUT2D eigenvalue weighted by Gasteiger charge is -2.14. The monoisotopic (exact) mass is 303 g/mol. The topological polar surface area (TPSA) is 71.0 Å². The van der Waals surface area contributed by atoms with E-state index in [2.05, 4.69) is 5.32 Å². The Labute approximate surface area is 124 Å². The highest BCUT2D eigenvalue weighted by atomic mass is 35.5. The van der Waals surface area contributed by atoms with Gasteiger partial charge in [0.25, 0.3) is 0 Å². The van der Waals surface area contributed by atoms with Crippen LogP contribution in [0.4, 0.5) is 0 Å². The zero-order chi connectivity index (χ0) is 14.6. The van der Waals surface area contributed by atoms with Gasteiger partial charge in [-0.1, -0.05) is 23.7 Å². The standard InChI is InChI=1S/C14H22ClNO4/c15-13-4-1-2-5-14(13)20-11-12(18)10-16-6-3-8-19-9-7-17/h1-2,4-5,12,16-18H,3,6-11H2. The number of halogens is 1. The number of benzene rings is 1. The van der Waals surface area contributed by atoms with Crippen molar-refractivity contribution in [2.45, 2.75) is 12.5 Å². The lowest BCUT2D eigenvalue weighted by Crippen LogP contribution is -2.32. The Morgan fingerprint density at radius 2 is 2.05 bits per heavy atom. The molecule has 0 radical (unpaired) electrons. The summed E-state index contributed by atoms with van der Waals surface area (Å²) >= 11 is 5.94. The van der Waals surface area contributed by atoms with E-state index < -0.39 is 6.10 Å². The van der Waals surface area contributed by atoms with Gasteiger partial charge in [-0.25, -0.2) is 0 Å². The normalized spacial score (nSPS) is 12.3. The molecule has 5 nitrogen and oxygen atoms in total. The van der Waals surface area contributed by atoms with Crippen LogP contribution in [0.25, 0.3) is 0 Å². The van der Waals surface area contributed by atoms with Gasteiger partial charge in [-0.3, -0.25) is 0 Å². The lowest BCUT2D eigenvalue weighted by atomic mass is 10.3. The number of hydrogen-bond acceptors (Lipinski definition) is 5. The molecule has 0 aromatic heterocycles. The second kappa shape index (κ2) is 10.9. The summed E-state index contributed by atoms with van der Waals surface area (Å²) in [6.45, 7) is 2.40. The quantitative estimate of drug-likeness (QED) is 0.533. The van der Waals surface area contributed by atoms with Gasteiger partial charge in [0.1, 0.15) is 18.5 Å². The van der Waals surface area contributed by atoms with Crippen LogP contribution in [0.1, 0.15) is 6.42 Å². The summed E-state index contributed by atoms with van der Waals surface area (Å²) in [4.78, 5) is 0. The Kier molecular flexibility index (Phi) is 9.36.